The highest BCUT2D eigenvalue weighted by Gasteiger charge is 2.28. The van der Waals surface area contributed by atoms with E-state index in [9.17, 15) is 5.11 Å². The standard InChI is InChI=1S/C18H14BrClN4O2S/c1-2-27-18-22-17-14(23-24-18)10-5-3-4-6-13(10)21-16(26-17)11-7-9(20)8-12(19)15(11)25/h3-8,16,21,25H,2H2,1H3/t16-/m0/s1. The molecule has 2 heterocycles. The number of hydrogen-bond acceptors (Lipinski definition) is 7. The molecule has 0 amide bonds. The molecule has 1 aliphatic rings. The molecule has 1 atom stereocenters. The molecular formula is C18H14BrClN4O2S. The van der Waals surface area contributed by atoms with Gasteiger partial charge in [0.1, 0.15) is 5.75 Å². The summed E-state index contributed by atoms with van der Waals surface area (Å²) in [7, 11) is 0. The van der Waals surface area contributed by atoms with Gasteiger partial charge in [-0.15, -0.1) is 10.2 Å². The van der Waals surface area contributed by atoms with Crippen LogP contribution in [0.25, 0.3) is 11.3 Å². The van der Waals surface area contributed by atoms with E-state index >= 15 is 0 Å². The molecule has 0 fully saturated rings. The number of fused-ring (bicyclic) bond motifs is 3. The molecule has 27 heavy (non-hydrogen) atoms. The summed E-state index contributed by atoms with van der Waals surface area (Å²) in [6, 6.07) is 10.9. The van der Waals surface area contributed by atoms with Gasteiger partial charge in [0.15, 0.2) is 5.69 Å². The minimum absolute atomic E-state index is 0.0444. The zero-order valence-electron chi connectivity index (χ0n) is 14.1. The Bertz CT molecular complexity index is 1020. The SMILES string of the molecule is CCSc1nnc2c(n1)O[C@@H](c1cc(Cl)cc(Br)c1O)Nc1ccccc1-2. The number of phenols is 1. The van der Waals surface area contributed by atoms with Crippen LogP contribution in [-0.4, -0.2) is 26.0 Å². The van der Waals surface area contributed by atoms with Gasteiger partial charge in [0.25, 0.3) is 0 Å². The van der Waals surface area contributed by atoms with Gasteiger partial charge in [-0.1, -0.05) is 48.5 Å². The number of anilines is 1. The maximum atomic E-state index is 10.5. The van der Waals surface area contributed by atoms with Gasteiger partial charge in [0.05, 0.1) is 10.0 Å². The van der Waals surface area contributed by atoms with Crippen LogP contribution < -0.4 is 10.1 Å². The number of benzene rings is 2. The van der Waals surface area contributed by atoms with Crippen LogP contribution >= 0.6 is 39.3 Å². The molecule has 0 unspecified atom stereocenters. The Labute approximate surface area is 173 Å². The Morgan fingerprint density at radius 2 is 2.11 bits per heavy atom. The molecule has 1 aliphatic heterocycles. The molecule has 9 heteroatoms. The van der Waals surface area contributed by atoms with Gasteiger partial charge in [-0.25, -0.2) is 0 Å². The van der Waals surface area contributed by atoms with Crippen molar-refractivity contribution in [1.82, 2.24) is 15.2 Å². The molecule has 0 saturated heterocycles. The highest BCUT2D eigenvalue weighted by Crippen LogP contribution is 2.43. The summed E-state index contributed by atoms with van der Waals surface area (Å²) in [5.41, 5.74) is 2.65. The van der Waals surface area contributed by atoms with Crippen LogP contribution in [0.1, 0.15) is 18.7 Å². The first-order valence-electron chi connectivity index (χ1n) is 8.15. The monoisotopic (exact) mass is 464 g/mol. The summed E-state index contributed by atoms with van der Waals surface area (Å²) in [5, 5.41) is 23.3. The zero-order chi connectivity index (χ0) is 19.0. The molecule has 0 bridgehead atoms. The van der Waals surface area contributed by atoms with Crippen LogP contribution in [0.3, 0.4) is 0 Å². The van der Waals surface area contributed by atoms with E-state index in [1.807, 2.05) is 31.2 Å². The fourth-order valence-corrected chi connectivity index (χ4v) is 4.10. The first kappa shape index (κ1) is 18.3. The number of para-hydroxylation sites is 1. The molecule has 1 aromatic heterocycles. The fraction of sp³-hybridized carbons (Fsp3) is 0.167. The van der Waals surface area contributed by atoms with Crippen molar-refractivity contribution < 1.29 is 9.84 Å². The number of hydrogen-bond donors (Lipinski definition) is 2. The molecular weight excluding hydrogens is 452 g/mol. The predicted molar refractivity (Wildman–Crippen MR) is 109 cm³/mol. The minimum atomic E-state index is -0.710. The number of aromatic hydroxyl groups is 1. The Balaban J connectivity index is 1.87. The second-order valence-electron chi connectivity index (χ2n) is 5.69. The van der Waals surface area contributed by atoms with Crippen molar-refractivity contribution in [2.45, 2.75) is 18.3 Å². The first-order valence-corrected chi connectivity index (χ1v) is 10.3. The van der Waals surface area contributed by atoms with Crippen molar-refractivity contribution in [3.05, 3.63) is 51.5 Å². The van der Waals surface area contributed by atoms with Crippen LogP contribution in [0.5, 0.6) is 11.6 Å². The topological polar surface area (TPSA) is 80.2 Å². The molecule has 138 valence electrons. The molecule has 4 rings (SSSR count). The van der Waals surface area contributed by atoms with Crippen molar-refractivity contribution in [2.75, 3.05) is 11.1 Å². The minimum Gasteiger partial charge on any atom is -0.506 e. The van der Waals surface area contributed by atoms with E-state index in [1.54, 1.807) is 12.1 Å². The second kappa shape index (κ2) is 7.53. The van der Waals surface area contributed by atoms with Gasteiger partial charge in [0.2, 0.25) is 17.3 Å². The van der Waals surface area contributed by atoms with Gasteiger partial charge in [-0.05, 0) is 39.9 Å². The number of halogens is 2. The highest BCUT2D eigenvalue weighted by molar-refractivity contribution is 9.10. The normalized spacial score (nSPS) is 15.1. The van der Waals surface area contributed by atoms with Crippen LogP contribution in [-0.2, 0) is 0 Å². The van der Waals surface area contributed by atoms with E-state index in [0.717, 1.165) is 17.0 Å². The number of rotatable bonds is 3. The van der Waals surface area contributed by atoms with Crippen LogP contribution in [0.4, 0.5) is 5.69 Å². The van der Waals surface area contributed by atoms with Crippen molar-refractivity contribution in [1.29, 1.82) is 0 Å². The predicted octanol–water partition coefficient (Wildman–Crippen LogP) is 5.28. The van der Waals surface area contributed by atoms with E-state index in [2.05, 4.69) is 36.4 Å². The van der Waals surface area contributed by atoms with Crippen molar-refractivity contribution in [3.63, 3.8) is 0 Å². The molecule has 0 spiro atoms. The van der Waals surface area contributed by atoms with Gasteiger partial charge in [-0.3, -0.25) is 0 Å². The quantitative estimate of drug-likeness (QED) is 0.510. The summed E-state index contributed by atoms with van der Waals surface area (Å²) < 4.78 is 6.61. The highest BCUT2D eigenvalue weighted by atomic mass is 79.9. The molecule has 2 N–H and O–H groups in total. The Morgan fingerprint density at radius 3 is 2.93 bits per heavy atom. The number of ether oxygens (including phenoxy) is 1. The largest absolute Gasteiger partial charge is 0.506 e. The van der Waals surface area contributed by atoms with Gasteiger partial charge >= 0.3 is 0 Å². The fourth-order valence-electron chi connectivity index (χ4n) is 2.76. The lowest BCUT2D eigenvalue weighted by molar-refractivity contribution is 0.220. The summed E-state index contributed by atoms with van der Waals surface area (Å²) in [4.78, 5) is 4.51. The Hall–Kier alpha value is -2.03. The number of nitrogens with zero attached hydrogens (tertiary/aromatic N) is 3. The van der Waals surface area contributed by atoms with E-state index in [0.29, 0.717) is 31.8 Å². The second-order valence-corrected chi connectivity index (χ2v) is 8.22. The smallest absolute Gasteiger partial charge is 0.247 e. The van der Waals surface area contributed by atoms with E-state index in [-0.39, 0.29) is 5.75 Å². The maximum absolute atomic E-state index is 10.5. The number of thioether (sulfide) groups is 1. The number of nitrogens with one attached hydrogen (secondary N) is 1. The van der Waals surface area contributed by atoms with Crippen LogP contribution in [0.2, 0.25) is 5.02 Å². The molecule has 6 nitrogen and oxygen atoms in total. The molecule has 0 saturated carbocycles. The van der Waals surface area contributed by atoms with Crippen LogP contribution in [0, 0.1) is 0 Å². The molecule has 0 aliphatic carbocycles. The molecule has 0 radical (unpaired) electrons. The van der Waals surface area contributed by atoms with Gasteiger partial charge in [-0.2, -0.15) is 4.98 Å². The van der Waals surface area contributed by atoms with Crippen molar-refractivity contribution >= 4 is 45.0 Å². The van der Waals surface area contributed by atoms with E-state index < -0.39 is 6.23 Å². The van der Waals surface area contributed by atoms with Gasteiger partial charge < -0.3 is 15.2 Å². The van der Waals surface area contributed by atoms with Gasteiger partial charge in [0, 0.05) is 16.3 Å². The summed E-state index contributed by atoms with van der Waals surface area (Å²) in [6.45, 7) is 2.02. The third kappa shape index (κ3) is 3.56. The zero-order valence-corrected chi connectivity index (χ0v) is 17.3. The molecule has 3 aromatic rings. The summed E-state index contributed by atoms with van der Waals surface area (Å²) in [5.74, 6) is 1.21. The first-order chi connectivity index (χ1) is 13.1. The third-order valence-electron chi connectivity index (χ3n) is 3.95. The van der Waals surface area contributed by atoms with Crippen LogP contribution in [0.15, 0.2) is 46.0 Å². The van der Waals surface area contributed by atoms with Crippen molar-refractivity contribution in [3.8, 4) is 22.9 Å². The average molecular weight is 466 g/mol. The van der Waals surface area contributed by atoms with Crippen molar-refractivity contribution in [2.24, 2.45) is 0 Å². The lowest BCUT2D eigenvalue weighted by Gasteiger charge is -2.21. The average Bonchev–Trinajstić information content (AvgIpc) is 2.81. The lowest BCUT2D eigenvalue weighted by Crippen LogP contribution is -2.17. The molecule has 2 aromatic carbocycles. The number of aromatic nitrogens is 3. The maximum Gasteiger partial charge on any atom is 0.247 e. The Kier molecular flexibility index (Phi) is 5.12. The van der Waals surface area contributed by atoms with E-state index in [1.165, 1.54) is 11.8 Å². The van der Waals surface area contributed by atoms with E-state index in [4.69, 9.17) is 16.3 Å². The summed E-state index contributed by atoms with van der Waals surface area (Å²) in [6.07, 6.45) is -0.710. The lowest BCUT2D eigenvalue weighted by atomic mass is 10.1. The third-order valence-corrected chi connectivity index (χ3v) is 5.49. The number of phenolic OH excluding ortho intramolecular Hbond substituents is 1. The summed E-state index contributed by atoms with van der Waals surface area (Å²) >= 11 is 11.0. The Morgan fingerprint density at radius 1 is 1.30 bits per heavy atom.